The number of halogens is 1. The summed E-state index contributed by atoms with van der Waals surface area (Å²) in [7, 11) is 0. The molecule has 0 saturated carbocycles. The molecule has 0 spiro atoms. The van der Waals surface area contributed by atoms with Gasteiger partial charge in [0.05, 0.1) is 16.4 Å². The monoisotopic (exact) mass is 232 g/mol. The molecule has 78 valence electrons. The zero-order valence-corrected chi connectivity index (χ0v) is 9.95. The molecule has 1 amide bonds. The van der Waals surface area contributed by atoms with Gasteiger partial charge < -0.3 is 5.32 Å². The van der Waals surface area contributed by atoms with Gasteiger partial charge in [-0.25, -0.2) is 4.98 Å². The normalized spacial score (nSPS) is 13.7. The fourth-order valence-corrected chi connectivity index (χ4v) is 1.37. The summed E-state index contributed by atoms with van der Waals surface area (Å²) in [5.74, 6) is -0.177. The first-order valence-electron chi connectivity index (χ1n) is 4.28. The minimum atomic E-state index is -0.428. The molecule has 1 unspecified atom stereocenters. The van der Waals surface area contributed by atoms with E-state index in [4.69, 9.17) is 11.6 Å². The molecule has 1 N–H and O–H groups in total. The molecule has 0 fully saturated rings. The first-order chi connectivity index (χ1) is 6.43. The van der Waals surface area contributed by atoms with Crippen molar-refractivity contribution in [2.24, 2.45) is 0 Å². The standard InChI is InChI=1S/C9H13ClN2OS/c1-6(10)9(2,3)12-8(13)7-4-14-5-11-7/h4-6H,1-3H3,(H,12,13). The van der Waals surface area contributed by atoms with Crippen molar-refractivity contribution in [3.05, 3.63) is 16.6 Å². The number of amides is 1. The molecule has 5 heteroatoms. The summed E-state index contributed by atoms with van der Waals surface area (Å²) >= 11 is 7.34. The predicted octanol–water partition coefficient (Wildman–Crippen LogP) is 2.28. The van der Waals surface area contributed by atoms with Gasteiger partial charge in [-0.2, -0.15) is 0 Å². The van der Waals surface area contributed by atoms with Crippen molar-refractivity contribution >= 4 is 28.8 Å². The van der Waals surface area contributed by atoms with Crippen molar-refractivity contribution in [1.29, 1.82) is 0 Å². The lowest BCUT2D eigenvalue weighted by Crippen LogP contribution is -2.49. The van der Waals surface area contributed by atoms with E-state index in [9.17, 15) is 4.79 Å². The van der Waals surface area contributed by atoms with E-state index in [1.807, 2.05) is 20.8 Å². The zero-order chi connectivity index (χ0) is 10.8. The van der Waals surface area contributed by atoms with Crippen molar-refractivity contribution in [2.75, 3.05) is 0 Å². The largest absolute Gasteiger partial charge is 0.344 e. The lowest BCUT2D eigenvalue weighted by molar-refractivity contribution is 0.0908. The van der Waals surface area contributed by atoms with Crippen LogP contribution in [-0.4, -0.2) is 21.8 Å². The van der Waals surface area contributed by atoms with Crippen LogP contribution in [0.4, 0.5) is 0 Å². The Balaban J connectivity index is 2.66. The molecule has 1 aromatic heterocycles. The summed E-state index contributed by atoms with van der Waals surface area (Å²) in [6, 6.07) is 0. The van der Waals surface area contributed by atoms with Crippen molar-refractivity contribution < 1.29 is 4.79 Å². The lowest BCUT2D eigenvalue weighted by atomic mass is 10.0. The van der Waals surface area contributed by atoms with Crippen LogP contribution in [0.3, 0.4) is 0 Å². The maximum Gasteiger partial charge on any atom is 0.271 e. The molecule has 1 heterocycles. The Morgan fingerprint density at radius 3 is 2.79 bits per heavy atom. The molecule has 0 bridgehead atoms. The summed E-state index contributed by atoms with van der Waals surface area (Å²) in [5, 5.41) is 4.41. The first-order valence-corrected chi connectivity index (χ1v) is 5.66. The molecule has 3 nitrogen and oxygen atoms in total. The number of aromatic nitrogens is 1. The number of carbonyl (C=O) groups is 1. The Bertz CT molecular complexity index is 309. The number of thiazole rings is 1. The van der Waals surface area contributed by atoms with Crippen LogP contribution in [0.15, 0.2) is 10.9 Å². The SMILES string of the molecule is CC(Cl)C(C)(C)NC(=O)c1cscn1. The van der Waals surface area contributed by atoms with E-state index < -0.39 is 5.54 Å². The van der Waals surface area contributed by atoms with Crippen molar-refractivity contribution in [3.8, 4) is 0 Å². The molecule has 1 rings (SSSR count). The highest BCUT2D eigenvalue weighted by Gasteiger charge is 2.26. The molecule has 0 aliphatic carbocycles. The van der Waals surface area contributed by atoms with Gasteiger partial charge in [0, 0.05) is 5.38 Å². The highest BCUT2D eigenvalue weighted by atomic mass is 35.5. The maximum atomic E-state index is 11.6. The van der Waals surface area contributed by atoms with Crippen LogP contribution in [0.5, 0.6) is 0 Å². The van der Waals surface area contributed by atoms with Crippen LogP contribution in [0.2, 0.25) is 0 Å². The Kier molecular flexibility index (Phi) is 3.50. The fourth-order valence-electron chi connectivity index (χ4n) is 0.781. The summed E-state index contributed by atoms with van der Waals surface area (Å²) in [6.45, 7) is 5.62. The summed E-state index contributed by atoms with van der Waals surface area (Å²) < 4.78 is 0. The Hall–Kier alpha value is -0.610. The quantitative estimate of drug-likeness (QED) is 0.813. The van der Waals surface area contributed by atoms with Crippen LogP contribution in [-0.2, 0) is 0 Å². The number of nitrogens with zero attached hydrogens (tertiary/aromatic N) is 1. The Labute approximate surface area is 92.5 Å². The third-order valence-corrected chi connectivity index (χ3v) is 3.23. The summed E-state index contributed by atoms with van der Waals surface area (Å²) in [4.78, 5) is 15.5. The van der Waals surface area contributed by atoms with E-state index in [0.29, 0.717) is 5.69 Å². The molecular formula is C9H13ClN2OS. The summed E-state index contributed by atoms with van der Waals surface area (Å²) in [6.07, 6.45) is 0. The van der Waals surface area contributed by atoms with E-state index in [2.05, 4.69) is 10.3 Å². The van der Waals surface area contributed by atoms with Gasteiger partial charge in [-0.05, 0) is 20.8 Å². The second-order valence-corrected chi connectivity index (χ2v) is 5.04. The van der Waals surface area contributed by atoms with E-state index >= 15 is 0 Å². The van der Waals surface area contributed by atoms with E-state index in [0.717, 1.165) is 0 Å². The topological polar surface area (TPSA) is 42.0 Å². The molecule has 0 radical (unpaired) electrons. The van der Waals surface area contributed by atoms with Gasteiger partial charge in [0.15, 0.2) is 0 Å². The van der Waals surface area contributed by atoms with Crippen LogP contribution < -0.4 is 5.32 Å². The minimum absolute atomic E-state index is 0.134. The fraction of sp³-hybridized carbons (Fsp3) is 0.556. The van der Waals surface area contributed by atoms with E-state index in [-0.39, 0.29) is 11.3 Å². The second-order valence-electron chi connectivity index (χ2n) is 3.67. The minimum Gasteiger partial charge on any atom is -0.344 e. The predicted molar refractivity (Wildman–Crippen MR) is 59.0 cm³/mol. The highest BCUT2D eigenvalue weighted by Crippen LogP contribution is 2.15. The van der Waals surface area contributed by atoms with Crippen LogP contribution in [0, 0.1) is 0 Å². The average molecular weight is 233 g/mol. The molecule has 14 heavy (non-hydrogen) atoms. The maximum absolute atomic E-state index is 11.6. The van der Waals surface area contributed by atoms with Gasteiger partial charge in [0.2, 0.25) is 0 Å². The number of alkyl halides is 1. The second kappa shape index (κ2) is 4.28. The number of carbonyl (C=O) groups excluding carboxylic acids is 1. The third kappa shape index (κ3) is 2.69. The van der Waals surface area contributed by atoms with Crippen molar-refractivity contribution in [2.45, 2.75) is 31.7 Å². The molecule has 0 saturated heterocycles. The highest BCUT2D eigenvalue weighted by molar-refractivity contribution is 7.07. The van der Waals surface area contributed by atoms with Crippen molar-refractivity contribution in [1.82, 2.24) is 10.3 Å². The Morgan fingerprint density at radius 2 is 2.36 bits per heavy atom. The van der Waals surface area contributed by atoms with Gasteiger partial charge in [0.1, 0.15) is 5.69 Å². The van der Waals surface area contributed by atoms with Crippen LogP contribution >= 0.6 is 22.9 Å². The first kappa shape index (κ1) is 11.5. The lowest BCUT2D eigenvalue weighted by Gasteiger charge is -2.28. The molecule has 1 atom stereocenters. The molecule has 0 aliphatic heterocycles. The number of hydrogen-bond donors (Lipinski definition) is 1. The summed E-state index contributed by atoms with van der Waals surface area (Å²) in [5.41, 5.74) is 1.65. The zero-order valence-electron chi connectivity index (χ0n) is 8.37. The molecule has 0 aromatic carbocycles. The molecule has 1 aromatic rings. The smallest absolute Gasteiger partial charge is 0.271 e. The van der Waals surface area contributed by atoms with E-state index in [1.165, 1.54) is 11.3 Å². The molecule has 0 aliphatic rings. The number of nitrogens with one attached hydrogen (secondary N) is 1. The van der Waals surface area contributed by atoms with Gasteiger partial charge in [-0.3, -0.25) is 4.79 Å². The van der Waals surface area contributed by atoms with Gasteiger partial charge in [-0.1, -0.05) is 0 Å². The average Bonchev–Trinajstić information content (AvgIpc) is 2.54. The number of rotatable bonds is 3. The van der Waals surface area contributed by atoms with Crippen molar-refractivity contribution in [3.63, 3.8) is 0 Å². The van der Waals surface area contributed by atoms with Gasteiger partial charge in [-0.15, -0.1) is 22.9 Å². The Morgan fingerprint density at radius 1 is 1.71 bits per heavy atom. The van der Waals surface area contributed by atoms with Crippen LogP contribution in [0.1, 0.15) is 31.3 Å². The molecular weight excluding hydrogens is 220 g/mol. The van der Waals surface area contributed by atoms with Crippen LogP contribution in [0.25, 0.3) is 0 Å². The van der Waals surface area contributed by atoms with Gasteiger partial charge in [0.25, 0.3) is 5.91 Å². The third-order valence-electron chi connectivity index (χ3n) is 2.10. The van der Waals surface area contributed by atoms with E-state index in [1.54, 1.807) is 10.9 Å². The van der Waals surface area contributed by atoms with Gasteiger partial charge >= 0.3 is 0 Å². The number of hydrogen-bond acceptors (Lipinski definition) is 3.